The number of fused-ring (bicyclic) bond motifs is 3. The molecule has 2 aromatic carbocycles. The molecule has 11 rings (SSSR count). The number of nitrogens with two attached hydrogens (primary N) is 1. The normalized spacial score (nSPS) is 19.6. The highest BCUT2D eigenvalue weighted by Crippen LogP contribution is 2.43. The van der Waals surface area contributed by atoms with Gasteiger partial charge in [0.1, 0.15) is 11.9 Å². The number of aryl methyl sites for hydroxylation is 2. The van der Waals surface area contributed by atoms with Crippen molar-refractivity contribution < 1.29 is 42.7 Å². The molecule has 26 heteroatoms. The first-order valence-electron chi connectivity index (χ1n) is 31.4. The van der Waals surface area contributed by atoms with Crippen molar-refractivity contribution in [3.63, 3.8) is 0 Å². The van der Waals surface area contributed by atoms with E-state index in [1.807, 2.05) is 29.0 Å². The zero-order valence-corrected chi connectivity index (χ0v) is 52.6. The number of amides is 5. The molecule has 0 atom stereocenters. The van der Waals surface area contributed by atoms with Crippen LogP contribution >= 0.6 is 11.6 Å². The molecule has 0 radical (unpaired) electrons. The molecular weight excluding hydrogens is 1170 g/mol. The fourth-order valence-electron chi connectivity index (χ4n) is 14.4. The number of piperidine rings is 4. The first kappa shape index (κ1) is 62.8. The molecule has 4 fully saturated rings. The molecule has 6 N–H and O–H groups in total. The number of nitrogens with zero attached hydrogens (tertiary/aromatic N) is 11. The van der Waals surface area contributed by atoms with Gasteiger partial charge in [-0.15, -0.1) is 0 Å². The van der Waals surface area contributed by atoms with Crippen LogP contribution in [0.5, 0.6) is 11.5 Å². The number of nitrogens with one attached hydrogen (secondary N) is 4. The fraction of sp³-hybridized carbons (Fsp3) is 0.556. The maximum atomic E-state index is 14.8. The van der Waals surface area contributed by atoms with E-state index in [0.717, 1.165) is 87.0 Å². The molecule has 7 aliphatic heterocycles. The number of allylic oxidation sites excluding steroid dienone is 1. The summed E-state index contributed by atoms with van der Waals surface area (Å²) in [5, 5.41) is 24.9. The second-order valence-corrected chi connectivity index (χ2v) is 24.9. The number of aliphatic imine (C=N–C) groups is 1. The number of likely N-dealkylation sites (N-methyl/N-ethyl adjacent to an activating group) is 2. The Bertz CT molecular complexity index is 3520. The van der Waals surface area contributed by atoms with Crippen LogP contribution in [0.1, 0.15) is 98.2 Å². The highest BCUT2D eigenvalue weighted by atomic mass is 35.5. The molecule has 2 aromatic heterocycles. The van der Waals surface area contributed by atoms with Crippen molar-refractivity contribution in [3.05, 3.63) is 85.7 Å². The Hall–Kier alpha value is -7.77. The summed E-state index contributed by atoms with van der Waals surface area (Å²) in [4.78, 5) is 86.1. The number of alkyl halides is 2. The summed E-state index contributed by atoms with van der Waals surface area (Å²) in [6, 6.07) is 8.81. The van der Waals surface area contributed by atoms with Gasteiger partial charge in [0.25, 0.3) is 17.9 Å². The topological polar surface area (TPSA) is 238 Å². The number of urea groups is 1. The van der Waals surface area contributed by atoms with E-state index in [2.05, 4.69) is 40.2 Å². The van der Waals surface area contributed by atoms with E-state index in [1.54, 1.807) is 55.8 Å². The summed E-state index contributed by atoms with van der Waals surface area (Å²) in [7, 11) is 10.0. The predicted molar refractivity (Wildman–Crippen MR) is 337 cm³/mol. The van der Waals surface area contributed by atoms with Crippen LogP contribution in [0.4, 0.5) is 30.8 Å². The zero-order valence-electron chi connectivity index (χ0n) is 51.9. The molecule has 23 nitrogen and oxygen atoms in total. The monoisotopic (exact) mass is 1250 g/mol. The molecule has 89 heavy (non-hydrogen) atoms. The van der Waals surface area contributed by atoms with E-state index in [1.165, 1.54) is 18.7 Å². The molecule has 9 heterocycles. The average Bonchev–Trinajstić information content (AvgIpc) is 1.78. The number of rotatable bonds is 15. The number of hydrogen-bond acceptors (Lipinski definition) is 15. The van der Waals surface area contributed by atoms with Gasteiger partial charge in [0.2, 0.25) is 17.8 Å². The predicted octanol–water partition coefficient (Wildman–Crippen LogP) is 5.17. The molecule has 4 saturated heterocycles. The van der Waals surface area contributed by atoms with E-state index >= 15 is 0 Å². The third-order valence-electron chi connectivity index (χ3n) is 19.2. The number of quaternary nitrogens is 1. The van der Waals surface area contributed by atoms with Crippen LogP contribution in [-0.4, -0.2) is 200 Å². The Labute approximate surface area is 522 Å². The van der Waals surface area contributed by atoms with Crippen molar-refractivity contribution >= 4 is 81.2 Å². The number of pyridine rings is 1. The van der Waals surface area contributed by atoms with Gasteiger partial charge < -0.3 is 75.0 Å². The number of carbonyl (C=O) groups excluding carboxylic acids is 4. The van der Waals surface area contributed by atoms with Crippen molar-refractivity contribution in [2.24, 2.45) is 23.9 Å². The maximum absolute atomic E-state index is 14.8. The molecule has 0 aliphatic carbocycles. The molecule has 0 unspecified atom stereocenters. The Morgan fingerprint density at radius 2 is 1.48 bits per heavy atom. The lowest BCUT2D eigenvalue weighted by Crippen LogP contribution is -2.72. The van der Waals surface area contributed by atoms with Crippen LogP contribution in [0.25, 0.3) is 16.5 Å². The first-order valence-corrected chi connectivity index (χ1v) is 31.8. The summed E-state index contributed by atoms with van der Waals surface area (Å²) in [5.41, 5.74) is 5.01. The van der Waals surface area contributed by atoms with E-state index in [4.69, 9.17) is 36.6 Å². The molecule has 7 aliphatic rings. The largest absolute Gasteiger partial charge is 0.494 e. The fourth-order valence-corrected chi connectivity index (χ4v) is 14.6. The lowest BCUT2D eigenvalue weighted by Gasteiger charge is -2.44. The average molecular weight is 1250 g/mol. The van der Waals surface area contributed by atoms with Crippen LogP contribution in [0.3, 0.4) is 0 Å². The number of methoxy groups -OCH3 is 1. The van der Waals surface area contributed by atoms with Gasteiger partial charge in [0.05, 0.1) is 49.4 Å². The number of anilines is 3. The van der Waals surface area contributed by atoms with Crippen molar-refractivity contribution in [2.75, 3.05) is 124 Å². The third kappa shape index (κ3) is 12.9. The number of guanidine groups is 1. The molecule has 0 saturated carbocycles. The lowest BCUT2D eigenvalue weighted by molar-refractivity contribution is -0.555. The molecule has 4 aromatic rings. The van der Waals surface area contributed by atoms with E-state index in [0.29, 0.717) is 153 Å². The first-order chi connectivity index (χ1) is 43.0. The number of benzene rings is 2. The van der Waals surface area contributed by atoms with Crippen molar-refractivity contribution in [3.8, 4) is 11.5 Å². The molecule has 5 amide bonds. The van der Waals surface area contributed by atoms with Gasteiger partial charge in [-0.25, -0.2) is 13.6 Å². The summed E-state index contributed by atoms with van der Waals surface area (Å²) >= 11 is 6.85. The highest BCUT2D eigenvalue weighted by Gasteiger charge is 2.40. The number of carbonyl (C=O) groups is 4. The van der Waals surface area contributed by atoms with Crippen LogP contribution in [-0.2, 0) is 40.8 Å². The Balaban J connectivity index is 0.661. The van der Waals surface area contributed by atoms with Crippen LogP contribution in [0.15, 0.2) is 57.2 Å². The van der Waals surface area contributed by atoms with Gasteiger partial charge in [0, 0.05) is 151 Å². The van der Waals surface area contributed by atoms with Crippen molar-refractivity contribution in [2.45, 2.75) is 95.7 Å². The standard InChI is InChI=1S/C63H83ClF2N16O7/c1-68-34-42(33-67)46-29-40-8-7-18-81(51(40)32-47(46)56(65)66)58-48-35-80(63(87)70-3)27-17-50(48)82(73-58)45-15-25-78(26-16-45)59(84)38-9-19-76(20-10-38)44-13-23-77(24-14-44)60(85)39-11-21-79(22-12-39)62-72-57(49(64)36-74(62)4)71-43-28-41-30-53(89-37-54(83)69-2)61(86)75(5)55(41)52(31-43)88-6/h28-34,38-39,44-45,56,67-68,71H,7-27,35-37H2,1-6H3,(H,69,83)(H,70,87)/p+1/b42-34+,67-33?. The molecular formula is C63H84ClF2N16O7+. The number of halogens is 3. The van der Waals surface area contributed by atoms with Gasteiger partial charge in [0.15, 0.2) is 24.0 Å². The zero-order chi connectivity index (χ0) is 62.8. The second-order valence-electron chi connectivity index (χ2n) is 24.4. The lowest BCUT2D eigenvalue weighted by atomic mass is 9.90. The SMILES string of the molecule is CNC(=O)COc1cc2cc(NC3=C(Cl)CN(C)C(N4CCC(C(=O)N5CCC(N6CCC(C(=O)N7CCC(n8nc(N9CCCc%10cc(/C(C=N)=C/[NH2+]C)c(C(F)F)cc%109)c9c8CCN(C(=O)NC)C9)CC7)CC6)CC5)CC4)=N3)cc(OC)c2n(C)c1=O. The summed E-state index contributed by atoms with van der Waals surface area (Å²) in [6.07, 6.45) is 8.43. The Kier molecular flexibility index (Phi) is 19.2. The van der Waals surface area contributed by atoms with E-state index < -0.39 is 12.0 Å². The van der Waals surface area contributed by atoms with Gasteiger partial charge in [-0.2, -0.15) is 10.1 Å². The minimum Gasteiger partial charge on any atom is -0.494 e. The van der Waals surface area contributed by atoms with Gasteiger partial charge in [-0.05, 0) is 113 Å². The van der Waals surface area contributed by atoms with Crippen LogP contribution in [0.2, 0.25) is 0 Å². The van der Waals surface area contributed by atoms with Gasteiger partial charge >= 0.3 is 6.03 Å². The molecule has 478 valence electrons. The van der Waals surface area contributed by atoms with E-state index in [9.17, 15) is 32.8 Å². The van der Waals surface area contributed by atoms with Crippen molar-refractivity contribution in [1.29, 1.82) is 5.41 Å². The third-order valence-corrected chi connectivity index (χ3v) is 19.5. The second kappa shape index (κ2) is 27.1. The van der Waals surface area contributed by atoms with Crippen LogP contribution < -0.4 is 41.2 Å². The minimum atomic E-state index is -2.75. The van der Waals surface area contributed by atoms with E-state index in [-0.39, 0.29) is 59.6 Å². The summed E-state index contributed by atoms with van der Waals surface area (Å²) in [6.45, 7) is 7.24. The quantitative estimate of drug-likeness (QED) is 0.0968. The molecule has 0 spiro atoms. The Morgan fingerprint density at radius 3 is 2.11 bits per heavy atom. The molecule has 0 bridgehead atoms. The Morgan fingerprint density at radius 1 is 0.809 bits per heavy atom. The number of aromatic nitrogens is 3. The number of ether oxygens (including phenoxy) is 2. The number of likely N-dealkylation sites (tertiary alicyclic amines) is 4. The minimum absolute atomic E-state index is 0.0255. The maximum Gasteiger partial charge on any atom is 0.317 e. The van der Waals surface area contributed by atoms with Gasteiger partial charge in [-0.1, -0.05) is 11.6 Å². The highest BCUT2D eigenvalue weighted by molar-refractivity contribution is 6.30. The number of hydrogen-bond donors (Lipinski definition) is 5. The summed E-state index contributed by atoms with van der Waals surface area (Å²) < 4.78 is 44.6. The van der Waals surface area contributed by atoms with Crippen LogP contribution in [0, 0.1) is 17.2 Å². The summed E-state index contributed by atoms with van der Waals surface area (Å²) in [5.74, 6) is 2.34. The smallest absolute Gasteiger partial charge is 0.317 e. The van der Waals surface area contributed by atoms with Crippen molar-refractivity contribution in [1.82, 2.24) is 54.4 Å². The van der Waals surface area contributed by atoms with Gasteiger partial charge in [-0.3, -0.25) is 23.9 Å².